The van der Waals surface area contributed by atoms with E-state index in [1.165, 1.54) is 11.3 Å². The summed E-state index contributed by atoms with van der Waals surface area (Å²) in [5.41, 5.74) is 8.81. The van der Waals surface area contributed by atoms with Crippen LogP contribution in [0.2, 0.25) is 5.02 Å². The summed E-state index contributed by atoms with van der Waals surface area (Å²) in [6, 6.07) is 12.9. The number of aromatic nitrogens is 1. The average molecular weight is 599 g/mol. The molecule has 0 bridgehead atoms. The summed E-state index contributed by atoms with van der Waals surface area (Å²) >= 11 is 7.72. The summed E-state index contributed by atoms with van der Waals surface area (Å²) in [4.78, 5) is 33.0. The molecule has 3 fully saturated rings. The van der Waals surface area contributed by atoms with Gasteiger partial charge >= 0.3 is 0 Å². The van der Waals surface area contributed by atoms with Crippen molar-refractivity contribution in [2.45, 2.75) is 62.7 Å². The Bertz CT molecular complexity index is 1580. The predicted molar refractivity (Wildman–Crippen MR) is 157 cm³/mol. The van der Waals surface area contributed by atoms with Crippen LogP contribution in [-0.4, -0.2) is 37.0 Å². The molecule has 3 aromatic rings. The molecule has 2 aromatic carbocycles. The van der Waals surface area contributed by atoms with Crippen LogP contribution in [0, 0.1) is 5.92 Å². The van der Waals surface area contributed by atoms with E-state index in [0.717, 1.165) is 53.4 Å². The van der Waals surface area contributed by atoms with Gasteiger partial charge < -0.3 is 10.6 Å². The summed E-state index contributed by atoms with van der Waals surface area (Å²) in [7, 11) is -3.66. The summed E-state index contributed by atoms with van der Waals surface area (Å²) in [5, 5.41) is 0.789. The number of nitrogens with zero attached hydrogens (tertiary/aromatic N) is 2. The Balaban J connectivity index is 1.29. The molecule has 0 saturated heterocycles. The van der Waals surface area contributed by atoms with Gasteiger partial charge in [0.05, 0.1) is 11.3 Å². The zero-order valence-electron chi connectivity index (χ0n) is 22.1. The normalized spacial score (nSPS) is 17.9. The molecule has 3 aliphatic rings. The third-order valence-electron chi connectivity index (χ3n) is 7.82. The highest BCUT2D eigenvalue weighted by Gasteiger charge is 2.40. The smallest absolute Gasteiger partial charge is 0.284 e. The number of amides is 2. The van der Waals surface area contributed by atoms with E-state index in [9.17, 15) is 18.0 Å². The molecule has 1 heterocycles. The van der Waals surface area contributed by atoms with Gasteiger partial charge in [-0.25, -0.2) is 18.1 Å². The van der Waals surface area contributed by atoms with Crippen LogP contribution in [0.25, 0.3) is 11.1 Å². The van der Waals surface area contributed by atoms with Crippen molar-refractivity contribution in [1.82, 2.24) is 9.71 Å². The van der Waals surface area contributed by atoms with E-state index in [1.54, 1.807) is 18.2 Å². The molecule has 3 aliphatic carbocycles. The third kappa shape index (κ3) is 5.75. The molecule has 0 aliphatic heterocycles. The Morgan fingerprint density at radius 3 is 2.40 bits per heavy atom. The van der Waals surface area contributed by atoms with Gasteiger partial charge in [-0.3, -0.25) is 9.59 Å². The lowest BCUT2D eigenvalue weighted by molar-refractivity contribution is 0.0973. The number of carbonyl (C=O) groups is 2. The van der Waals surface area contributed by atoms with Crippen molar-refractivity contribution in [1.29, 1.82) is 0 Å². The van der Waals surface area contributed by atoms with Crippen molar-refractivity contribution in [3.05, 3.63) is 69.2 Å². The molecule has 6 rings (SSSR count). The van der Waals surface area contributed by atoms with Crippen molar-refractivity contribution in [2.24, 2.45) is 11.7 Å². The van der Waals surface area contributed by atoms with Crippen molar-refractivity contribution >= 4 is 49.9 Å². The van der Waals surface area contributed by atoms with Gasteiger partial charge in [-0.15, -0.1) is 11.3 Å². The molecular formula is C29H31ClN4O4S2. The number of benzene rings is 2. The van der Waals surface area contributed by atoms with Crippen molar-refractivity contribution < 1.29 is 18.0 Å². The van der Waals surface area contributed by atoms with Crippen LogP contribution in [0.15, 0.2) is 42.5 Å². The van der Waals surface area contributed by atoms with Gasteiger partial charge in [0.15, 0.2) is 5.13 Å². The van der Waals surface area contributed by atoms with Crippen molar-refractivity contribution in [3.63, 3.8) is 0 Å². The number of sulfonamides is 1. The van der Waals surface area contributed by atoms with Crippen LogP contribution in [0.4, 0.5) is 5.13 Å². The van der Waals surface area contributed by atoms with Gasteiger partial charge in [0.2, 0.25) is 15.9 Å². The highest BCUT2D eigenvalue weighted by molar-refractivity contribution is 7.91. The lowest BCUT2D eigenvalue weighted by Gasteiger charge is -2.29. The molecular weight excluding hydrogens is 568 g/mol. The van der Waals surface area contributed by atoms with E-state index in [1.807, 2.05) is 24.3 Å². The summed E-state index contributed by atoms with van der Waals surface area (Å²) in [6.45, 7) is 2.92. The predicted octanol–water partition coefficient (Wildman–Crippen LogP) is 5.64. The first-order valence-electron chi connectivity index (χ1n) is 13.6. The first kappa shape index (κ1) is 27.2. The first-order chi connectivity index (χ1) is 19.1. The molecule has 40 heavy (non-hydrogen) atoms. The summed E-state index contributed by atoms with van der Waals surface area (Å²) in [6.07, 6.45) is 5.45. The van der Waals surface area contributed by atoms with Gasteiger partial charge in [-0.1, -0.05) is 35.9 Å². The lowest BCUT2D eigenvalue weighted by Crippen LogP contribution is -2.34. The van der Waals surface area contributed by atoms with E-state index in [-0.39, 0.29) is 17.7 Å². The van der Waals surface area contributed by atoms with Crippen LogP contribution in [-0.2, 0) is 10.0 Å². The van der Waals surface area contributed by atoms with Gasteiger partial charge in [-0.2, -0.15) is 0 Å². The van der Waals surface area contributed by atoms with Crippen molar-refractivity contribution in [2.75, 3.05) is 11.4 Å². The van der Waals surface area contributed by atoms with Gasteiger partial charge in [-0.05, 0) is 92.2 Å². The zero-order valence-corrected chi connectivity index (χ0v) is 24.5. The molecule has 0 unspecified atom stereocenters. The maximum Gasteiger partial charge on any atom is 0.284 e. The maximum atomic E-state index is 13.1. The lowest BCUT2D eigenvalue weighted by atomic mass is 9.97. The number of hydrogen-bond donors (Lipinski definition) is 2. The number of carbonyl (C=O) groups excluding carboxylic acids is 2. The monoisotopic (exact) mass is 598 g/mol. The zero-order chi connectivity index (χ0) is 28.2. The molecule has 2 amide bonds. The van der Waals surface area contributed by atoms with E-state index < -0.39 is 27.1 Å². The Morgan fingerprint density at radius 1 is 1.10 bits per heavy atom. The number of rotatable bonds is 11. The molecule has 3 saturated carbocycles. The van der Waals surface area contributed by atoms with E-state index in [2.05, 4.69) is 16.5 Å². The van der Waals surface area contributed by atoms with Crippen molar-refractivity contribution in [3.8, 4) is 11.1 Å². The molecule has 210 valence electrons. The van der Waals surface area contributed by atoms with E-state index in [0.29, 0.717) is 34.9 Å². The standard InChI is InChI=1S/C29H31ClN4O4S2/c1-16(18-4-6-19(7-5-18)24-14-21(30)10-13-23(24)27(31)35)34(15-17-2-3-17)29-32-25(26(39-29)20-8-9-20)28(36)33-40(37,38)22-11-12-22/h4-7,10,13-14,16-17,20,22H,2-3,8-9,11-12,15H2,1H3,(H2,31,35)(H,33,36)/t16-/m1/s1. The maximum absolute atomic E-state index is 13.1. The van der Waals surface area contributed by atoms with Gasteiger partial charge in [0, 0.05) is 22.0 Å². The minimum atomic E-state index is -3.66. The molecule has 0 radical (unpaired) electrons. The fourth-order valence-electron chi connectivity index (χ4n) is 4.94. The fourth-order valence-corrected chi connectivity index (χ4v) is 7.71. The minimum absolute atomic E-state index is 0.0473. The number of halogens is 1. The number of hydrogen-bond acceptors (Lipinski definition) is 7. The van der Waals surface area contributed by atoms with Crippen LogP contribution in [0.1, 0.15) is 88.7 Å². The molecule has 11 heteroatoms. The summed E-state index contributed by atoms with van der Waals surface area (Å²) < 4.78 is 27.2. The Kier molecular flexibility index (Phi) is 7.13. The van der Waals surface area contributed by atoms with E-state index >= 15 is 0 Å². The highest BCUT2D eigenvalue weighted by Crippen LogP contribution is 2.48. The van der Waals surface area contributed by atoms with Crippen LogP contribution in [0.3, 0.4) is 0 Å². The molecule has 3 N–H and O–H groups in total. The second-order valence-electron chi connectivity index (χ2n) is 11.1. The summed E-state index contributed by atoms with van der Waals surface area (Å²) in [5.74, 6) is -0.316. The number of primary amides is 1. The van der Waals surface area contributed by atoms with Gasteiger partial charge in [0.1, 0.15) is 5.69 Å². The number of thiazole rings is 1. The SMILES string of the molecule is C[C@H](c1ccc(-c2cc(Cl)ccc2C(N)=O)cc1)N(CC1CC1)c1nc(C(=O)NS(=O)(=O)C2CC2)c(C2CC2)s1. The largest absolute Gasteiger partial charge is 0.366 e. The van der Waals surface area contributed by atoms with E-state index in [4.69, 9.17) is 22.3 Å². The fraction of sp³-hybridized carbons (Fsp3) is 0.414. The topological polar surface area (TPSA) is 122 Å². The van der Waals surface area contributed by atoms with Crippen LogP contribution in [0.5, 0.6) is 0 Å². The first-order valence-corrected chi connectivity index (χ1v) is 16.4. The second-order valence-corrected chi connectivity index (χ2v) is 14.5. The highest BCUT2D eigenvalue weighted by atomic mass is 35.5. The quantitative estimate of drug-likeness (QED) is 0.294. The molecule has 1 atom stereocenters. The van der Waals surface area contributed by atoms with Crippen LogP contribution < -0.4 is 15.4 Å². The van der Waals surface area contributed by atoms with Crippen LogP contribution >= 0.6 is 22.9 Å². The third-order valence-corrected chi connectivity index (χ3v) is 11.1. The average Bonchev–Trinajstić information content (AvgIpc) is 3.78. The molecule has 8 nitrogen and oxygen atoms in total. The Hall–Kier alpha value is -2.95. The number of nitrogens with one attached hydrogen (secondary N) is 1. The minimum Gasteiger partial charge on any atom is -0.366 e. The Labute approximate surface area is 243 Å². The second kappa shape index (κ2) is 10.5. The Morgan fingerprint density at radius 2 is 1.80 bits per heavy atom. The van der Waals surface area contributed by atoms with Gasteiger partial charge in [0.25, 0.3) is 5.91 Å². The molecule has 1 aromatic heterocycles. The molecule has 0 spiro atoms. The number of nitrogens with two attached hydrogens (primary N) is 1. The number of anilines is 1.